The zero-order chi connectivity index (χ0) is 9.26. The van der Waals surface area contributed by atoms with Crippen LogP contribution in [-0.2, 0) is 21.7 Å². The Hall–Kier alpha value is -0.00571. The Morgan fingerprint density at radius 3 is 2.31 bits per heavy atom. The molecule has 1 radical (unpaired) electrons. The Kier molecular flexibility index (Phi) is 9.34. The van der Waals surface area contributed by atoms with Crippen molar-refractivity contribution in [2.45, 2.75) is 20.3 Å². The molecule has 1 aromatic rings. The minimum atomic E-state index is 0. The maximum Gasteiger partial charge on any atom is 3.00 e. The van der Waals surface area contributed by atoms with Crippen molar-refractivity contribution in [3.05, 3.63) is 53.1 Å². The number of aryl methyl sites for hydroxylation is 2. The Morgan fingerprint density at radius 2 is 1.81 bits per heavy atom. The Bertz CT molecular complexity index is 395. The maximum atomic E-state index is 3.35. The molecule has 2 rings (SSSR count). The maximum absolute atomic E-state index is 3.35. The molecule has 0 saturated carbocycles. The summed E-state index contributed by atoms with van der Waals surface area (Å²) in [5.41, 5.74) is 5.23. The van der Waals surface area contributed by atoms with Gasteiger partial charge in [0.1, 0.15) is 0 Å². The summed E-state index contributed by atoms with van der Waals surface area (Å²) in [6, 6.07) is 7.67. The molecule has 3 heteroatoms. The van der Waals surface area contributed by atoms with Gasteiger partial charge in [0.25, 0.3) is 0 Å². The monoisotopic (exact) mass is 287 g/mol. The van der Waals surface area contributed by atoms with Gasteiger partial charge in [0.05, 0.1) is 0 Å². The molecule has 0 bridgehead atoms. The first-order valence-electron chi connectivity index (χ1n) is 4.63. The second-order valence-corrected chi connectivity index (χ2v) is 3.50. The molecule has 0 aliphatic heterocycles. The topological polar surface area (TPSA) is 0 Å². The fourth-order valence-electron chi connectivity index (χ4n) is 1.73. The van der Waals surface area contributed by atoms with E-state index in [1.165, 1.54) is 22.3 Å². The largest absolute Gasteiger partial charge is 3.00 e. The summed E-state index contributed by atoms with van der Waals surface area (Å²) in [7, 11) is 0. The molecule has 83 valence electrons. The van der Waals surface area contributed by atoms with Crippen LogP contribution in [0.2, 0.25) is 0 Å². The van der Waals surface area contributed by atoms with E-state index in [1.54, 1.807) is 0 Å². The average Bonchev–Trinajstić information content (AvgIpc) is 2.56. The van der Waals surface area contributed by atoms with E-state index in [9.17, 15) is 0 Å². The number of halogens is 2. The van der Waals surface area contributed by atoms with E-state index < -0.39 is 0 Å². The molecule has 0 nitrogen and oxygen atoms in total. The van der Waals surface area contributed by atoms with Gasteiger partial charge in [-0.2, -0.15) is 29.3 Å². The van der Waals surface area contributed by atoms with E-state index >= 15 is 0 Å². The van der Waals surface area contributed by atoms with Crippen LogP contribution in [0.5, 0.6) is 0 Å². The molecular weight excluding hydrogens is 275 g/mol. The molecule has 1 aliphatic rings. The van der Waals surface area contributed by atoms with Crippen LogP contribution in [0.25, 0.3) is 5.57 Å². The van der Waals surface area contributed by atoms with Crippen LogP contribution >= 0.6 is 0 Å². The molecule has 0 N–H and O–H groups in total. The zero-order valence-corrected chi connectivity index (χ0v) is 12.4. The van der Waals surface area contributed by atoms with Crippen molar-refractivity contribution in [1.82, 2.24) is 0 Å². The minimum absolute atomic E-state index is 0. The van der Waals surface area contributed by atoms with Crippen molar-refractivity contribution >= 4 is 5.57 Å². The summed E-state index contributed by atoms with van der Waals surface area (Å²) in [4.78, 5) is 0. The van der Waals surface area contributed by atoms with Crippen molar-refractivity contribution in [3.63, 3.8) is 0 Å². The van der Waals surface area contributed by atoms with E-state index in [2.05, 4.69) is 50.3 Å². The standard InChI is InChI=1S/C13H13.2ClH.Ti/c1-10-7-8-13(11(2)9-10)12-5-3-4-6-12;;;/h3-5,7-8H,6H2,1-2H3;2*1H;/q-1;;;+3/p-2. The summed E-state index contributed by atoms with van der Waals surface area (Å²) in [5.74, 6) is 0. The minimum Gasteiger partial charge on any atom is -1.00 e. The molecule has 0 spiro atoms. The van der Waals surface area contributed by atoms with Gasteiger partial charge in [0, 0.05) is 0 Å². The third-order valence-corrected chi connectivity index (χ3v) is 2.41. The predicted molar refractivity (Wildman–Crippen MR) is 56.5 cm³/mol. The fraction of sp³-hybridized carbons (Fsp3) is 0.231. The van der Waals surface area contributed by atoms with Gasteiger partial charge < -0.3 is 24.8 Å². The zero-order valence-electron chi connectivity index (χ0n) is 9.35. The van der Waals surface area contributed by atoms with Gasteiger partial charge in [-0.15, -0.1) is 5.56 Å². The van der Waals surface area contributed by atoms with Gasteiger partial charge in [-0.25, -0.2) is 0 Å². The first kappa shape index (κ1) is 18.4. The molecular formula is C13H13Cl2Ti. The number of benzene rings is 1. The molecule has 0 atom stereocenters. The van der Waals surface area contributed by atoms with Crippen LogP contribution in [0.15, 0.2) is 30.4 Å². The third kappa shape index (κ3) is 4.10. The second kappa shape index (κ2) is 8.14. The first-order valence-corrected chi connectivity index (χ1v) is 4.63. The number of allylic oxidation sites excluding steroid dienone is 4. The molecule has 0 unspecified atom stereocenters. The van der Waals surface area contributed by atoms with Gasteiger partial charge in [-0.1, -0.05) is 37.6 Å². The number of hydrogen-bond acceptors (Lipinski definition) is 0. The van der Waals surface area contributed by atoms with Gasteiger partial charge in [0.15, 0.2) is 0 Å². The van der Waals surface area contributed by atoms with E-state index in [1.807, 2.05) is 0 Å². The van der Waals surface area contributed by atoms with Crippen LogP contribution in [0, 0.1) is 19.9 Å². The fourth-order valence-corrected chi connectivity index (χ4v) is 1.73. The van der Waals surface area contributed by atoms with Crippen LogP contribution in [0.3, 0.4) is 0 Å². The second-order valence-electron chi connectivity index (χ2n) is 3.50. The Morgan fingerprint density at radius 1 is 1.12 bits per heavy atom. The molecule has 16 heavy (non-hydrogen) atoms. The van der Waals surface area contributed by atoms with Crippen molar-refractivity contribution < 1.29 is 46.5 Å². The summed E-state index contributed by atoms with van der Waals surface area (Å²) in [6.45, 7) is 4.21. The van der Waals surface area contributed by atoms with E-state index in [4.69, 9.17) is 0 Å². The Balaban J connectivity index is 0. The van der Waals surface area contributed by atoms with E-state index in [0.29, 0.717) is 0 Å². The van der Waals surface area contributed by atoms with Gasteiger partial charge in [-0.3, -0.25) is 0 Å². The molecule has 1 aliphatic carbocycles. The molecule has 0 amide bonds. The van der Waals surface area contributed by atoms with Crippen LogP contribution in [-0.4, -0.2) is 0 Å². The predicted octanol–water partition coefficient (Wildman–Crippen LogP) is -2.55. The molecule has 0 fully saturated rings. The summed E-state index contributed by atoms with van der Waals surface area (Å²) in [6.07, 6.45) is 7.56. The van der Waals surface area contributed by atoms with Crippen molar-refractivity contribution in [3.8, 4) is 0 Å². The van der Waals surface area contributed by atoms with Gasteiger partial charge >= 0.3 is 21.7 Å². The summed E-state index contributed by atoms with van der Waals surface area (Å²) < 4.78 is 0. The van der Waals surface area contributed by atoms with Crippen LogP contribution in [0.1, 0.15) is 23.1 Å². The summed E-state index contributed by atoms with van der Waals surface area (Å²) >= 11 is 0. The van der Waals surface area contributed by atoms with Crippen molar-refractivity contribution in [1.29, 1.82) is 0 Å². The number of hydrogen-bond donors (Lipinski definition) is 0. The third-order valence-electron chi connectivity index (χ3n) is 2.41. The van der Waals surface area contributed by atoms with Gasteiger partial charge in [0.2, 0.25) is 0 Å². The molecule has 0 aromatic heterocycles. The smallest absolute Gasteiger partial charge is 1.00 e. The quantitative estimate of drug-likeness (QED) is 0.394. The van der Waals surface area contributed by atoms with E-state index in [-0.39, 0.29) is 46.5 Å². The van der Waals surface area contributed by atoms with E-state index in [0.717, 1.165) is 6.42 Å². The normalized spacial score (nSPS) is 12.0. The van der Waals surface area contributed by atoms with Gasteiger partial charge in [-0.05, 0) is 6.42 Å². The first-order chi connectivity index (χ1) is 6.27. The van der Waals surface area contributed by atoms with Crippen molar-refractivity contribution in [2.75, 3.05) is 0 Å². The number of rotatable bonds is 1. The van der Waals surface area contributed by atoms with Crippen LogP contribution < -0.4 is 24.8 Å². The van der Waals surface area contributed by atoms with Crippen molar-refractivity contribution in [2.24, 2.45) is 0 Å². The molecule has 1 aromatic carbocycles. The molecule has 0 saturated heterocycles. The average molecular weight is 288 g/mol. The van der Waals surface area contributed by atoms with Crippen LogP contribution in [0.4, 0.5) is 0 Å². The summed E-state index contributed by atoms with van der Waals surface area (Å²) in [5, 5.41) is 0. The Labute approximate surface area is 125 Å². The SMILES string of the molecule is Cc1[c-]c(C)c(C2=CC=CC2)cc1.[Cl-].[Cl-].[Ti+3]. The molecule has 0 heterocycles.